The average Bonchev–Trinajstić information content (AvgIpc) is 2.36. The molecule has 2 rings (SSSR count). The highest BCUT2D eigenvalue weighted by Crippen LogP contribution is 2.33. The molecule has 1 aromatic rings. The molecule has 118 valence electrons. The number of thiocarbonyl (C=S) groups is 1. The number of carbonyl (C=O) groups excluding carboxylic acids is 1. The van der Waals surface area contributed by atoms with E-state index in [9.17, 15) is 4.79 Å². The van der Waals surface area contributed by atoms with Crippen molar-refractivity contribution >= 4 is 46.5 Å². The minimum Gasteiger partial charge on any atom is -0.459 e. The molecule has 0 saturated carbocycles. The Balaban J connectivity index is 2.48. The number of nitrogens with one attached hydrogen (secondary N) is 2. The second kappa shape index (κ2) is 6.86. The molecule has 0 aromatic heterocycles. The first-order valence-electron chi connectivity index (χ1n) is 6.73. The second-order valence-electron chi connectivity index (χ2n) is 5.19. The molecule has 0 saturated heterocycles. The van der Waals surface area contributed by atoms with E-state index >= 15 is 0 Å². The molecule has 1 unspecified atom stereocenters. The Morgan fingerprint density at radius 1 is 1.36 bits per heavy atom. The summed E-state index contributed by atoms with van der Waals surface area (Å²) in [6.07, 6.45) is -0.219. The van der Waals surface area contributed by atoms with Gasteiger partial charge in [0.15, 0.2) is 5.11 Å². The molecule has 0 fully saturated rings. The van der Waals surface area contributed by atoms with Gasteiger partial charge in [-0.3, -0.25) is 0 Å². The molecule has 0 aliphatic carbocycles. The fourth-order valence-corrected chi connectivity index (χ4v) is 3.00. The maximum Gasteiger partial charge on any atom is 0.338 e. The first-order chi connectivity index (χ1) is 10.3. The van der Waals surface area contributed by atoms with E-state index in [0.29, 0.717) is 32.0 Å². The summed E-state index contributed by atoms with van der Waals surface area (Å²) in [7, 11) is 0. The molecular formula is C15H16Cl2N2O2S. The fourth-order valence-electron chi connectivity index (χ4n) is 2.21. The van der Waals surface area contributed by atoms with Crippen LogP contribution in [0.3, 0.4) is 0 Å². The minimum absolute atomic E-state index is 0.219. The van der Waals surface area contributed by atoms with E-state index in [0.717, 1.165) is 0 Å². The van der Waals surface area contributed by atoms with Crippen LogP contribution in [0, 0.1) is 0 Å². The van der Waals surface area contributed by atoms with Gasteiger partial charge >= 0.3 is 5.97 Å². The lowest BCUT2D eigenvalue weighted by molar-refractivity contribution is -0.143. The third-order valence-electron chi connectivity index (χ3n) is 3.11. The average molecular weight is 359 g/mol. The highest BCUT2D eigenvalue weighted by atomic mass is 35.5. The molecule has 1 aliphatic heterocycles. The third-order valence-corrected chi connectivity index (χ3v) is 3.89. The van der Waals surface area contributed by atoms with E-state index in [1.807, 2.05) is 0 Å². The van der Waals surface area contributed by atoms with Gasteiger partial charge in [-0.05, 0) is 50.7 Å². The maximum atomic E-state index is 12.4. The summed E-state index contributed by atoms with van der Waals surface area (Å²) in [5, 5.41) is 7.41. The van der Waals surface area contributed by atoms with Gasteiger partial charge in [0.1, 0.15) is 0 Å². The van der Waals surface area contributed by atoms with E-state index in [1.54, 1.807) is 39.0 Å². The van der Waals surface area contributed by atoms with Crippen molar-refractivity contribution in [2.24, 2.45) is 0 Å². The van der Waals surface area contributed by atoms with Crippen molar-refractivity contribution in [2.75, 3.05) is 0 Å². The van der Waals surface area contributed by atoms with Crippen molar-refractivity contribution in [1.82, 2.24) is 10.6 Å². The zero-order valence-corrected chi connectivity index (χ0v) is 14.7. The number of rotatable bonds is 3. The standard InChI is InChI=1S/C15H16Cl2N2O2S/c1-7(2)21-14(20)12-8(3)18-15(22)19-13(12)10-5-4-9(16)6-11(10)17/h4-7,13H,1-3H3,(H2,18,19,22). The van der Waals surface area contributed by atoms with Gasteiger partial charge < -0.3 is 15.4 Å². The molecule has 4 nitrogen and oxygen atoms in total. The number of halogens is 2. The topological polar surface area (TPSA) is 50.4 Å². The lowest BCUT2D eigenvalue weighted by Crippen LogP contribution is -2.45. The summed E-state index contributed by atoms with van der Waals surface area (Å²) in [5.74, 6) is -0.411. The zero-order chi connectivity index (χ0) is 16.4. The fraction of sp³-hybridized carbons (Fsp3) is 0.333. The Bertz CT molecular complexity index is 659. The van der Waals surface area contributed by atoms with Gasteiger partial charge in [0.05, 0.1) is 17.7 Å². The van der Waals surface area contributed by atoms with Gasteiger partial charge in [0.2, 0.25) is 0 Å². The quantitative estimate of drug-likeness (QED) is 0.636. The predicted molar refractivity (Wildman–Crippen MR) is 92.0 cm³/mol. The number of hydrogen-bond acceptors (Lipinski definition) is 3. The van der Waals surface area contributed by atoms with Gasteiger partial charge in [-0.2, -0.15) is 0 Å². The van der Waals surface area contributed by atoms with Crippen molar-refractivity contribution < 1.29 is 9.53 Å². The largest absolute Gasteiger partial charge is 0.459 e. The van der Waals surface area contributed by atoms with Crippen LogP contribution in [0.25, 0.3) is 0 Å². The molecule has 0 bridgehead atoms. The van der Waals surface area contributed by atoms with E-state index in [-0.39, 0.29) is 6.10 Å². The Labute approximate surface area is 144 Å². The van der Waals surface area contributed by atoms with Gasteiger partial charge in [-0.25, -0.2) is 4.79 Å². The zero-order valence-electron chi connectivity index (χ0n) is 12.4. The summed E-state index contributed by atoms with van der Waals surface area (Å²) in [4.78, 5) is 12.4. The molecule has 1 atom stereocenters. The molecule has 1 heterocycles. The summed E-state index contributed by atoms with van der Waals surface area (Å²) >= 11 is 17.4. The number of hydrogen-bond donors (Lipinski definition) is 2. The van der Waals surface area contributed by atoms with Crippen LogP contribution >= 0.6 is 35.4 Å². The Hall–Kier alpha value is -1.30. The first kappa shape index (κ1) is 17.1. The molecule has 1 aliphatic rings. The van der Waals surface area contributed by atoms with E-state index in [4.69, 9.17) is 40.2 Å². The summed E-state index contributed by atoms with van der Waals surface area (Å²) in [5.41, 5.74) is 1.81. The number of allylic oxidation sites excluding steroid dienone is 1. The highest BCUT2D eigenvalue weighted by molar-refractivity contribution is 7.80. The van der Waals surface area contributed by atoms with Crippen molar-refractivity contribution in [1.29, 1.82) is 0 Å². The van der Waals surface area contributed by atoms with Crippen LogP contribution in [-0.2, 0) is 9.53 Å². The van der Waals surface area contributed by atoms with Gasteiger partial charge in [0, 0.05) is 15.7 Å². The van der Waals surface area contributed by atoms with Crippen LogP contribution in [0.2, 0.25) is 10.0 Å². The predicted octanol–water partition coefficient (Wildman–Crippen LogP) is 3.74. The van der Waals surface area contributed by atoms with E-state index in [2.05, 4.69) is 10.6 Å². The molecule has 0 radical (unpaired) electrons. The third kappa shape index (κ3) is 3.72. The molecule has 0 spiro atoms. The number of ether oxygens (including phenoxy) is 1. The van der Waals surface area contributed by atoms with Gasteiger partial charge in [-0.15, -0.1) is 0 Å². The molecular weight excluding hydrogens is 343 g/mol. The first-order valence-corrected chi connectivity index (χ1v) is 7.90. The van der Waals surface area contributed by atoms with Crippen molar-refractivity contribution in [3.05, 3.63) is 45.1 Å². The van der Waals surface area contributed by atoms with Crippen LogP contribution in [0.4, 0.5) is 0 Å². The summed E-state index contributed by atoms with van der Waals surface area (Å²) in [6, 6.07) is 4.64. The lowest BCUT2D eigenvalue weighted by Gasteiger charge is -2.30. The lowest BCUT2D eigenvalue weighted by atomic mass is 9.95. The van der Waals surface area contributed by atoms with Crippen molar-refractivity contribution in [3.8, 4) is 0 Å². The summed E-state index contributed by atoms with van der Waals surface area (Å²) in [6.45, 7) is 5.37. The van der Waals surface area contributed by atoms with E-state index in [1.165, 1.54) is 0 Å². The van der Waals surface area contributed by atoms with Crippen LogP contribution < -0.4 is 10.6 Å². The Morgan fingerprint density at radius 2 is 2.05 bits per heavy atom. The normalized spacial score (nSPS) is 18.1. The smallest absolute Gasteiger partial charge is 0.338 e. The number of benzene rings is 1. The minimum atomic E-state index is -0.482. The SMILES string of the molecule is CC1=C(C(=O)OC(C)C)C(c2ccc(Cl)cc2Cl)NC(=S)N1. The molecule has 0 amide bonds. The summed E-state index contributed by atoms with van der Waals surface area (Å²) < 4.78 is 5.32. The monoisotopic (exact) mass is 358 g/mol. The molecule has 7 heteroatoms. The van der Waals surface area contributed by atoms with Gasteiger partial charge in [-0.1, -0.05) is 29.3 Å². The Morgan fingerprint density at radius 3 is 2.64 bits per heavy atom. The van der Waals surface area contributed by atoms with Crippen LogP contribution in [0.1, 0.15) is 32.4 Å². The van der Waals surface area contributed by atoms with Crippen LogP contribution in [0.15, 0.2) is 29.5 Å². The molecule has 22 heavy (non-hydrogen) atoms. The highest BCUT2D eigenvalue weighted by Gasteiger charge is 2.32. The van der Waals surface area contributed by atoms with Crippen molar-refractivity contribution in [3.63, 3.8) is 0 Å². The number of carbonyl (C=O) groups is 1. The van der Waals surface area contributed by atoms with Gasteiger partial charge in [0.25, 0.3) is 0 Å². The van der Waals surface area contributed by atoms with Crippen LogP contribution in [-0.4, -0.2) is 17.2 Å². The Kier molecular flexibility index (Phi) is 5.32. The number of esters is 1. The van der Waals surface area contributed by atoms with E-state index < -0.39 is 12.0 Å². The molecule has 1 aromatic carbocycles. The van der Waals surface area contributed by atoms with Crippen molar-refractivity contribution in [2.45, 2.75) is 32.9 Å². The maximum absolute atomic E-state index is 12.4. The van der Waals surface area contributed by atoms with Crippen LogP contribution in [0.5, 0.6) is 0 Å². The molecule has 2 N–H and O–H groups in total. The second-order valence-corrected chi connectivity index (χ2v) is 6.44.